The highest BCUT2D eigenvalue weighted by molar-refractivity contribution is 9.10. The van der Waals surface area contributed by atoms with Crippen molar-refractivity contribution in [3.63, 3.8) is 0 Å². The fourth-order valence-corrected chi connectivity index (χ4v) is 1.91. The van der Waals surface area contributed by atoms with E-state index < -0.39 is 0 Å². The molecule has 3 N–H and O–H groups in total. The molecule has 2 aromatic heterocycles. The topological polar surface area (TPSA) is 64.1 Å². The molecule has 2 aromatic rings. The molecule has 2 rings (SSSR count). The van der Waals surface area contributed by atoms with E-state index in [2.05, 4.69) is 26.3 Å². The van der Waals surface area contributed by atoms with Crippen LogP contribution in [0.2, 0.25) is 0 Å². The molecule has 1 unspecified atom stereocenters. The largest absolute Gasteiger partial charge is 0.466 e. The van der Waals surface area contributed by atoms with Crippen LogP contribution >= 0.6 is 15.9 Å². The monoisotopic (exact) mass is 281 g/mol. The predicted octanol–water partition coefficient (Wildman–Crippen LogP) is 2.30. The summed E-state index contributed by atoms with van der Waals surface area (Å²) >= 11 is 3.41. The van der Waals surface area contributed by atoms with Crippen LogP contribution in [0.1, 0.15) is 23.1 Å². The highest BCUT2D eigenvalue weighted by atomic mass is 79.9. The number of hydrogen-bond donors (Lipinski definition) is 2. The van der Waals surface area contributed by atoms with E-state index in [1.54, 1.807) is 12.5 Å². The maximum Gasteiger partial charge on any atom is 0.140 e. The molecule has 0 saturated heterocycles. The van der Waals surface area contributed by atoms with Crippen molar-refractivity contribution < 1.29 is 4.42 Å². The van der Waals surface area contributed by atoms with E-state index in [1.807, 2.05) is 25.1 Å². The van der Waals surface area contributed by atoms with Crippen molar-refractivity contribution in [3.8, 4) is 0 Å². The van der Waals surface area contributed by atoms with Crippen LogP contribution in [-0.2, 0) is 0 Å². The zero-order chi connectivity index (χ0) is 11.5. The number of rotatable bonds is 3. The number of hydrazine groups is 1. The van der Waals surface area contributed by atoms with Gasteiger partial charge in [-0.2, -0.15) is 0 Å². The van der Waals surface area contributed by atoms with Crippen LogP contribution < -0.4 is 11.3 Å². The van der Waals surface area contributed by atoms with Gasteiger partial charge in [-0.15, -0.1) is 0 Å². The first-order chi connectivity index (χ1) is 7.72. The summed E-state index contributed by atoms with van der Waals surface area (Å²) in [7, 11) is 0. The number of aromatic nitrogens is 1. The molecule has 0 saturated carbocycles. The quantitative estimate of drug-likeness (QED) is 0.669. The Labute approximate surface area is 102 Å². The highest BCUT2D eigenvalue weighted by Crippen LogP contribution is 2.28. The molecular formula is C11H12BrN3O. The van der Waals surface area contributed by atoms with Gasteiger partial charge in [-0.05, 0) is 40.5 Å². The Balaban J connectivity index is 2.37. The number of nitrogens with two attached hydrogens (primary N) is 1. The molecule has 0 aromatic carbocycles. The molecule has 0 spiro atoms. The Kier molecular flexibility index (Phi) is 3.38. The summed E-state index contributed by atoms with van der Waals surface area (Å²) in [4.78, 5) is 4.23. The molecule has 0 aliphatic carbocycles. The summed E-state index contributed by atoms with van der Waals surface area (Å²) in [6, 6.07) is 5.55. The molecule has 0 amide bonds. The van der Waals surface area contributed by atoms with Crippen LogP contribution in [0.4, 0.5) is 0 Å². The first kappa shape index (κ1) is 11.3. The molecular weight excluding hydrogens is 270 g/mol. The zero-order valence-corrected chi connectivity index (χ0v) is 10.4. The van der Waals surface area contributed by atoms with Crippen LogP contribution in [0.15, 0.2) is 39.5 Å². The van der Waals surface area contributed by atoms with E-state index in [0.717, 1.165) is 21.5 Å². The van der Waals surface area contributed by atoms with Gasteiger partial charge in [-0.3, -0.25) is 10.8 Å². The third-order valence-electron chi connectivity index (χ3n) is 2.34. The van der Waals surface area contributed by atoms with Crippen LogP contribution in [0.25, 0.3) is 0 Å². The van der Waals surface area contributed by atoms with Crippen LogP contribution in [0, 0.1) is 6.92 Å². The smallest absolute Gasteiger partial charge is 0.140 e. The second kappa shape index (κ2) is 4.78. The molecule has 0 aliphatic rings. The van der Waals surface area contributed by atoms with Crippen molar-refractivity contribution in [2.75, 3.05) is 0 Å². The summed E-state index contributed by atoms with van der Waals surface area (Å²) in [5, 5.41) is 0. The third kappa shape index (κ3) is 2.16. The Morgan fingerprint density at radius 1 is 1.44 bits per heavy atom. The molecule has 0 bridgehead atoms. The lowest BCUT2D eigenvalue weighted by Crippen LogP contribution is -2.28. The third-order valence-corrected chi connectivity index (χ3v) is 3.00. The van der Waals surface area contributed by atoms with Gasteiger partial charge in [0.05, 0.1) is 10.7 Å². The van der Waals surface area contributed by atoms with Crippen molar-refractivity contribution in [3.05, 3.63) is 52.1 Å². The predicted molar refractivity (Wildman–Crippen MR) is 64.5 cm³/mol. The van der Waals surface area contributed by atoms with Crippen molar-refractivity contribution >= 4 is 15.9 Å². The minimum Gasteiger partial charge on any atom is -0.466 e. The number of nitrogens with zero attached hydrogens (tertiary/aromatic N) is 1. The zero-order valence-electron chi connectivity index (χ0n) is 8.77. The van der Waals surface area contributed by atoms with E-state index in [0.29, 0.717) is 0 Å². The summed E-state index contributed by atoms with van der Waals surface area (Å²) in [5.74, 6) is 6.29. The molecule has 0 radical (unpaired) electrons. The molecule has 0 aliphatic heterocycles. The maximum absolute atomic E-state index is 5.54. The highest BCUT2D eigenvalue weighted by Gasteiger charge is 2.18. The van der Waals surface area contributed by atoms with Gasteiger partial charge < -0.3 is 4.42 Å². The van der Waals surface area contributed by atoms with E-state index in [-0.39, 0.29) is 6.04 Å². The van der Waals surface area contributed by atoms with Crippen molar-refractivity contribution in [2.45, 2.75) is 13.0 Å². The molecule has 1 atom stereocenters. The van der Waals surface area contributed by atoms with Gasteiger partial charge in [-0.25, -0.2) is 5.43 Å². The lowest BCUT2D eigenvalue weighted by molar-refractivity contribution is 0.449. The normalized spacial score (nSPS) is 12.7. The lowest BCUT2D eigenvalue weighted by atomic mass is 10.1. The summed E-state index contributed by atoms with van der Waals surface area (Å²) in [6.07, 6.45) is 3.40. The van der Waals surface area contributed by atoms with Crippen LogP contribution in [0.5, 0.6) is 0 Å². The van der Waals surface area contributed by atoms with E-state index >= 15 is 0 Å². The molecule has 0 fully saturated rings. The van der Waals surface area contributed by atoms with Crippen LogP contribution in [-0.4, -0.2) is 4.98 Å². The minimum atomic E-state index is -0.197. The van der Waals surface area contributed by atoms with E-state index in [9.17, 15) is 0 Å². The standard InChI is InChI=1S/C11H12BrN3O/c1-7-2-3-8(6-14-7)10(15-13)11-9(12)4-5-16-11/h2-6,10,15H,13H2,1H3. The fourth-order valence-electron chi connectivity index (χ4n) is 1.48. The van der Waals surface area contributed by atoms with Gasteiger partial charge in [0.1, 0.15) is 11.8 Å². The average Bonchev–Trinajstić information content (AvgIpc) is 2.69. The first-order valence-electron chi connectivity index (χ1n) is 4.84. The van der Waals surface area contributed by atoms with Gasteiger partial charge >= 0.3 is 0 Å². The van der Waals surface area contributed by atoms with Gasteiger partial charge in [0, 0.05) is 11.9 Å². The van der Waals surface area contributed by atoms with Gasteiger partial charge in [0.2, 0.25) is 0 Å². The second-order valence-electron chi connectivity index (χ2n) is 3.47. The summed E-state index contributed by atoms with van der Waals surface area (Å²) in [5.41, 5.74) is 4.65. The SMILES string of the molecule is Cc1ccc(C(NN)c2occc2Br)cn1. The molecule has 4 nitrogen and oxygen atoms in total. The number of hydrogen-bond acceptors (Lipinski definition) is 4. The summed E-state index contributed by atoms with van der Waals surface area (Å²) in [6.45, 7) is 1.94. The number of furan rings is 1. The number of aryl methyl sites for hydroxylation is 1. The van der Waals surface area contributed by atoms with Crippen LogP contribution in [0.3, 0.4) is 0 Å². The average molecular weight is 282 g/mol. The Bertz CT molecular complexity index is 466. The van der Waals surface area contributed by atoms with Gasteiger partial charge in [0.25, 0.3) is 0 Å². The number of halogens is 1. The minimum absolute atomic E-state index is 0.197. The Morgan fingerprint density at radius 3 is 2.75 bits per heavy atom. The van der Waals surface area contributed by atoms with Crippen molar-refractivity contribution in [1.82, 2.24) is 10.4 Å². The van der Waals surface area contributed by atoms with Gasteiger partial charge in [-0.1, -0.05) is 6.07 Å². The lowest BCUT2D eigenvalue weighted by Gasteiger charge is -2.14. The first-order valence-corrected chi connectivity index (χ1v) is 5.63. The molecule has 16 heavy (non-hydrogen) atoms. The van der Waals surface area contributed by atoms with Gasteiger partial charge in [0.15, 0.2) is 0 Å². The van der Waals surface area contributed by atoms with Crippen molar-refractivity contribution in [2.24, 2.45) is 5.84 Å². The number of nitrogens with one attached hydrogen (secondary N) is 1. The second-order valence-corrected chi connectivity index (χ2v) is 4.32. The molecule has 2 heterocycles. The Morgan fingerprint density at radius 2 is 2.25 bits per heavy atom. The molecule has 84 valence electrons. The van der Waals surface area contributed by atoms with Crippen molar-refractivity contribution in [1.29, 1.82) is 0 Å². The number of pyridine rings is 1. The fraction of sp³-hybridized carbons (Fsp3) is 0.182. The summed E-state index contributed by atoms with van der Waals surface area (Å²) < 4.78 is 6.27. The van der Waals surface area contributed by atoms with E-state index in [4.69, 9.17) is 10.3 Å². The Hall–Kier alpha value is -1.17. The molecule has 5 heteroatoms. The van der Waals surface area contributed by atoms with E-state index in [1.165, 1.54) is 0 Å². The maximum atomic E-state index is 5.54.